The van der Waals surface area contributed by atoms with Crippen molar-refractivity contribution in [2.75, 3.05) is 0 Å². The molecule has 3 nitrogen and oxygen atoms in total. The zero-order valence-electron chi connectivity index (χ0n) is 11.0. The molecule has 19 heavy (non-hydrogen) atoms. The van der Waals surface area contributed by atoms with Crippen molar-refractivity contribution in [1.82, 2.24) is 5.32 Å². The topological polar surface area (TPSA) is 55.1 Å². The van der Waals surface area contributed by atoms with Gasteiger partial charge in [-0.25, -0.2) is 0 Å². The molecule has 1 aliphatic carbocycles. The van der Waals surface area contributed by atoms with Gasteiger partial charge in [0.15, 0.2) is 0 Å². The summed E-state index contributed by atoms with van der Waals surface area (Å²) in [6.07, 6.45) is 4.13. The molecule has 0 heterocycles. The van der Waals surface area contributed by atoms with E-state index in [0.717, 1.165) is 31.2 Å². The van der Waals surface area contributed by atoms with Gasteiger partial charge < -0.3 is 11.1 Å². The summed E-state index contributed by atoms with van der Waals surface area (Å²) in [6, 6.07) is 7.26. The standard InChI is InChI=1S/C14H19ClN2O.ClH/c1-10(16)13(18)17-14(7-2-3-8-14)11-5-4-6-12(15)9-11;/h4-6,9-10H,2-3,7-8,16H2,1H3,(H,17,18);1H/t10-;/m0./s1. The largest absolute Gasteiger partial charge is 0.345 e. The van der Waals surface area contributed by atoms with E-state index in [0.29, 0.717) is 5.02 Å². The van der Waals surface area contributed by atoms with Crippen molar-refractivity contribution in [2.45, 2.75) is 44.2 Å². The fourth-order valence-electron chi connectivity index (χ4n) is 2.60. The summed E-state index contributed by atoms with van der Waals surface area (Å²) in [5, 5.41) is 3.82. The Morgan fingerprint density at radius 3 is 2.58 bits per heavy atom. The Labute approximate surface area is 125 Å². The minimum absolute atomic E-state index is 0. The smallest absolute Gasteiger partial charge is 0.237 e. The number of rotatable bonds is 3. The van der Waals surface area contributed by atoms with Gasteiger partial charge in [0, 0.05) is 5.02 Å². The molecule has 1 aromatic rings. The van der Waals surface area contributed by atoms with Gasteiger partial charge in [0.05, 0.1) is 11.6 Å². The van der Waals surface area contributed by atoms with Crippen molar-refractivity contribution in [1.29, 1.82) is 0 Å². The van der Waals surface area contributed by atoms with Crippen LogP contribution in [0.1, 0.15) is 38.2 Å². The summed E-state index contributed by atoms with van der Waals surface area (Å²) in [7, 11) is 0. The highest BCUT2D eigenvalue weighted by molar-refractivity contribution is 6.30. The average molecular weight is 303 g/mol. The number of nitrogens with one attached hydrogen (secondary N) is 1. The molecular formula is C14H20Cl2N2O. The Kier molecular flexibility index (Phi) is 5.65. The molecule has 0 aliphatic heterocycles. The molecule has 1 aromatic carbocycles. The zero-order valence-corrected chi connectivity index (χ0v) is 12.6. The normalized spacial score (nSPS) is 18.5. The second-order valence-corrected chi connectivity index (χ2v) is 5.51. The third kappa shape index (κ3) is 3.62. The van der Waals surface area contributed by atoms with Gasteiger partial charge in [0.1, 0.15) is 0 Å². The van der Waals surface area contributed by atoms with Crippen molar-refractivity contribution in [3.63, 3.8) is 0 Å². The fraction of sp³-hybridized carbons (Fsp3) is 0.500. The molecule has 1 fully saturated rings. The molecule has 1 amide bonds. The number of halogens is 2. The Bertz CT molecular complexity index is 443. The molecule has 1 aliphatic rings. The van der Waals surface area contributed by atoms with Gasteiger partial charge in [-0.1, -0.05) is 36.6 Å². The van der Waals surface area contributed by atoms with E-state index >= 15 is 0 Å². The number of amides is 1. The van der Waals surface area contributed by atoms with Crippen LogP contribution in [-0.4, -0.2) is 11.9 Å². The highest BCUT2D eigenvalue weighted by Gasteiger charge is 2.37. The van der Waals surface area contributed by atoms with E-state index in [1.165, 1.54) is 0 Å². The summed E-state index contributed by atoms with van der Waals surface area (Å²) >= 11 is 6.05. The highest BCUT2D eigenvalue weighted by atomic mass is 35.5. The number of carbonyl (C=O) groups is 1. The van der Waals surface area contributed by atoms with Crippen LogP contribution in [0.2, 0.25) is 5.02 Å². The second kappa shape index (κ2) is 6.60. The van der Waals surface area contributed by atoms with Gasteiger partial charge >= 0.3 is 0 Å². The van der Waals surface area contributed by atoms with Gasteiger partial charge in [-0.05, 0) is 37.5 Å². The van der Waals surface area contributed by atoms with Crippen LogP contribution in [0.3, 0.4) is 0 Å². The van der Waals surface area contributed by atoms with E-state index in [2.05, 4.69) is 5.32 Å². The molecule has 0 aromatic heterocycles. The second-order valence-electron chi connectivity index (χ2n) is 5.08. The van der Waals surface area contributed by atoms with Gasteiger partial charge in [-0.2, -0.15) is 0 Å². The molecular weight excluding hydrogens is 283 g/mol. The van der Waals surface area contributed by atoms with E-state index < -0.39 is 6.04 Å². The van der Waals surface area contributed by atoms with Crippen LogP contribution in [0.5, 0.6) is 0 Å². The first-order chi connectivity index (χ1) is 8.53. The number of hydrogen-bond donors (Lipinski definition) is 2. The number of carbonyl (C=O) groups excluding carboxylic acids is 1. The van der Waals surface area contributed by atoms with Crippen LogP contribution >= 0.6 is 24.0 Å². The molecule has 0 spiro atoms. The maximum Gasteiger partial charge on any atom is 0.237 e. The Morgan fingerprint density at radius 2 is 2.05 bits per heavy atom. The summed E-state index contributed by atoms with van der Waals surface area (Å²) in [5.41, 5.74) is 6.45. The molecule has 2 rings (SSSR count). The lowest BCUT2D eigenvalue weighted by Crippen LogP contribution is -2.49. The quantitative estimate of drug-likeness (QED) is 0.902. The van der Waals surface area contributed by atoms with Gasteiger partial charge in [-0.15, -0.1) is 12.4 Å². The minimum Gasteiger partial charge on any atom is -0.345 e. The lowest BCUT2D eigenvalue weighted by atomic mass is 9.88. The fourth-order valence-corrected chi connectivity index (χ4v) is 2.79. The first-order valence-electron chi connectivity index (χ1n) is 6.37. The molecule has 3 N–H and O–H groups in total. The van der Waals surface area contributed by atoms with E-state index in [-0.39, 0.29) is 23.9 Å². The van der Waals surface area contributed by atoms with Crippen LogP contribution < -0.4 is 11.1 Å². The lowest BCUT2D eigenvalue weighted by Gasteiger charge is -2.32. The van der Waals surface area contributed by atoms with Crippen molar-refractivity contribution in [3.8, 4) is 0 Å². The number of hydrogen-bond acceptors (Lipinski definition) is 2. The van der Waals surface area contributed by atoms with Crippen molar-refractivity contribution >= 4 is 29.9 Å². The molecule has 106 valence electrons. The SMILES string of the molecule is C[C@H](N)C(=O)NC1(c2cccc(Cl)c2)CCCC1.Cl. The van der Waals surface area contributed by atoms with Crippen molar-refractivity contribution in [3.05, 3.63) is 34.9 Å². The maximum atomic E-state index is 11.9. The van der Waals surface area contributed by atoms with Crippen LogP contribution in [0.4, 0.5) is 0 Å². The van der Waals surface area contributed by atoms with Crippen LogP contribution in [0.25, 0.3) is 0 Å². The van der Waals surface area contributed by atoms with Gasteiger partial charge in [0.25, 0.3) is 0 Å². The Morgan fingerprint density at radius 1 is 1.42 bits per heavy atom. The summed E-state index contributed by atoms with van der Waals surface area (Å²) in [5.74, 6) is -0.100. The molecule has 0 unspecified atom stereocenters. The van der Waals surface area contributed by atoms with Crippen LogP contribution in [0, 0.1) is 0 Å². The number of benzene rings is 1. The van der Waals surface area contributed by atoms with Crippen LogP contribution in [0.15, 0.2) is 24.3 Å². The molecule has 0 saturated heterocycles. The molecule has 1 atom stereocenters. The van der Waals surface area contributed by atoms with E-state index in [1.54, 1.807) is 6.92 Å². The third-order valence-corrected chi connectivity index (χ3v) is 3.85. The minimum atomic E-state index is -0.485. The maximum absolute atomic E-state index is 11.9. The monoisotopic (exact) mass is 302 g/mol. The first-order valence-corrected chi connectivity index (χ1v) is 6.75. The Balaban J connectivity index is 0.00000180. The lowest BCUT2D eigenvalue weighted by molar-refractivity contribution is -0.124. The summed E-state index contributed by atoms with van der Waals surface area (Å²) in [4.78, 5) is 11.9. The molecule has 0 bridgehead atoms. The van der Waals surface area contributed by atoms with E-state index in [4.69, 9.17) is 17.3 Å². The molecule has 1 saturated carbocycles. The zero-order chi connectivity index (χ0) is 13.2. The summed E-state index contributed by atoms with van der Waals surface area (Å²) < 4.78 is 0. The van der Waals surface area contributed by atoms with Gasteiger partial charge in [-0.3, -0.25) is 4.79 Å². The third-order valence-electron chi connectivity index (χ3n) is 3.61. The molecule has 5 heteroatoms. The predicted octanol–water partition coefficient (Wildman–Crippen LogP) is 2.99. The number of nitrogens with two attached hydrogens (primary N) is 1. The Hall–Kier alpha value is -0.770. The van der Waals surface area contributed by atoms with Gasteiger partial charge in [0.2, 0.25) is 5.91 Å². The van der Waals surface area contributed by atoms with Crippen molar-refractivity contribution < 1.29 is 4.79 Å². The van der Waals surface area contributed by atoms with Crippen LogP contribution in [-0.2, 0) is 10.3 Å². The van der Waals surface area contributed by atoms with E-state index in [9.17, 15) is 4.79 Å². The highest BCUT2D eigenvalue weighted by Crippen LogP contribution is 2.39. The average Bonchev–Trinajstić information content (AvgIpc) is 2.78. The van der Waals surface area contributed by atoms with E-state index in [1.807, 2.05) is 24.3 Å². The van der Waals surface area contributed by atoms with Crippen molar-refractivity contribution in [2.24, 2.45) is 5.73 Å². The first kappa shape index (κ1) is 16.3. The summed E-state index contributed by atoms with van der Waals surface area (Å²) in [6.45, 7) is 1.70. The molecule has 0 radical (unpaired) electrons. The predicted molar refractivity (Wildman–Crippen MR) is 80.6 cm³/mol.